The van der Waals surface area contributed by atoms with E-state index < -0.39 is 5.97 Å². The zero-order valence-electron chi connectivity index (χ0n) is 12.4. The lowest BCUT2D eigenvalue weighted by molar-refractivity contribution is -0.145. The van der Waals surface area contributed by atoms with Gasteiger partial charge >= 0.3 is 5.97 Å². The number of carbonyl (C=O) groups excluding carboxylic acids is 1. The summed E-state index contributed by atoms with van der Waals surface area (Å²) in [5.41, 5.74) is 1.04. The Morgan fingerprint density at radius 2 is 1.86 bits per heavy atom. The number of likely N-dealkylation sites (N-methyl/N-ethyl adjacent to an activating group) is 1. The summed E-state index contributed by atoms with van der Waals surface area (Å²) in [6.07, 6.45) is 1.11. The van der Waals surface area contributed by atoms with Crippen LogP contribution in [0.15, 0.2) is 30.3 Å². The Morgan fingerprint density at radius 1 is 1.24 bits per heavy atom. The summed E-state index contributed by atoms with van der Waals surface area (Å²) in [5, 5.41) is 8.98. The summed E-state index contributed by atoms with van der Waals surface area (Å²) in [7, 11) is 0. The topological polar surface area (TPSA) is 60.9 Å². The molecule has 1 aliphatic heterocycles. The first-order chi connectivity index (χ1) is 10.1. The minimum atomic E-state index is -0.749. The molecule has 0 unspecified atom stereocenters. The predicted octanol–water partition coefficient (Wildman–Crippen LogP) is 1.84. The smallest absolute Gasteiger partial charge is 0.306 e. The molecule has 0 radical (unpaired) electrons. The first-order valence-electron chi connectivity index (χ1n) is 7.42. The van der Waals surface area contributed by atoms with Gasteiger partial charge in [-0.2, -0.15) is 0 Å². The Labute approximate surface area is 125 Å². The number of carboxylic acid groups (broad SMARTS) is 1. The lowest BCUT2D eigenvalue weighted by atomic mass is 9.97. The van der Waals surface area contributed by atoms with Gasteiger partial charge in [0.05, 0.1) is 12.5 Å². The molecule has 1 N–H and O–H groups in total. The van der Waals surface area contributed by atoms with Crippen molar-refractivity contribution < 1.29 is 14.7 Å². The second-order valence-corrected chi connectivity index (χ2v) is 5.34. The van der Waals surface area contributed by atoms with Gasteiger partial charge in [0.2, 0.25) is 5.91 Å². The van der Waals surface area contributed by atoms with Gasteiger partial charge in [0.15, 0.2) is 0 Å². The number of hydrogen-bond donors (Lipinski definition) is 1. The molecule has 114 valence electrons. The maximum atomic E-state index is 12.4. The summed E-state index contributed by atoms with van der Waals surface area (Å²) < 4.78 is 0. The molecule has 2 rings (SSSR count). The molecule has 0 atom stereocenters. The van der Waals surface area contributed by atoms with E-state index in [-0.39, 0.29) is 11.8 Å². The molecule has 0 saturated carbocycles. The van der Waals surface area contributed by atoms with Crippen molar-refractivity contribution in [2.45, 2.75) is 19.8 Å². The summed E-state index contributed by atoms with van der Waals surface area (Å²) in [4.78, 5) is 27.1. The van der Waals surface area contributed by atoms with Crippen LogP contribution in [0.4, 0.5) is 5.69 Å². The van der Waals surface area contributed by atoms with Crippen molar-refractivity contribution >= 4 is 17.6 Å². The lowest BCUT2D eigenvalue weighted by Crippen LogP contribution is -2.45. The third-order valence-corrected chi connectivity index (χ3v) is 4.03. The van der Waals surface area contributed by atoms with Gasteiger partial charge in [-0.1, -0.05) is 18.2 Å². The Balaban J connectivity index is 1.91. The maximum Gasteiger partial charge on any atom is 0.306 e. The van der Waals surface area contributed by atoms with E-state index in [2.05, 4.69) is 0 Å². The summed E-state index contributed by atoms with van der Waals surface area (Å²) >= 11 is 0. The van der Waals surface area contributed by atoms with E-state index >= 15 is 0 Å². The third kappa shape index (κ3) is 3.97. The lowest BCUT2D eigenvalue weighted by Gasteiger charge is -2.32. The summed E-state index contributed by atoms with van der Waals surface area (Å²) in [6.45, 7) is 4.22. The van der Waals surface area contributed by atoms with Crippen molar-refractivity contribution in [3.63, 3.8) is 0 Å². The number of hydrogen-bond acceptors (Lipinski definition) is 3. The molecule has 1 heterocycles. The number of benzene rings is 1. The van der Waals surface area contributed by atoms with Gasteiger partial charge in [-0.15, -0.1) is 0 Å². The highest BCUT2D eigenvalue weighted by Crippen LogP contribution is 2.18. The van der Waals surface area contributed by atoms with Crippen LogP contribution < -0.4 is 4.90 Å². The number of para-hydroxylation sites is 1. The van der Waals surface area contributed by atoms with Gasteiger partial charge in [0.1, 0.15) is 0 Å². The summed E-state index contributed by atoms with van der Waals surface area (Å²) in [5.74, 6) is -0.975. The number of carboxylic acids is 1. The highest BCUT2D eigenvalue weighted by Gasteiger charge is 2.27. The third-order valence-electron chi connectivity index (χ3n) is 4.03. The summed E-state index contributed by atoms with van der Waals surface area (Å²) in [6, 6.07) is 9.86. The second kappa shape index (κ2) is 7.11. The average molecular weight is 290 g/mol. The number of piperidine rings is 1. The number of likely N-dealkylation sites (tertiary alicyclic amines) is 1. The first kappa shape index (κ1) is 15.4. The molecule has 0 spiro atoms. The van der Waals surface area contributed by atoms with Crippen molar-refractivity contribution in [3.8, 4) is 0 Å². The van der Waals surface area contributed by atoms with Crippen molar-refractivity contribution in [3.05, 3.63) is 30.3 Å². The number of nitrogens with zero attached hydrogens (tertiary/aromatic N) is 2. The SMILES string of the molecule is CCN(CC(=O)N1CCC(C(=O)O)CC1)c1ccccc1. The fraction of sp³-hybridized carbons (Fsp3) is 0.500. The fourth-order valence-electron chi connectivity index (χ4n) is 2.66. The van der Waals surface area contributed by atoms with E-state index in [1.807, 2.05) is 42.2 Å². The molecule has 0 bridgehead atoms. The van der Waals surface area contributed by atoms with Crippen molar-refractivity contribution in [2.75, 3.05) is 31.1 Å². The number of rotatable bonds is 5. The zero-order valence-corrected chi connectivity index (χ0v) is 12.4. The molecule has 1 aromatic carbocycles. The van der Waals surface area contributed by atoms with E-state index in [0.29, 0.717) is 32.5 Å². The van der Waals surface area contributed by atoms with Crippen molar-refractivity contribution in [2.24, 2.45) is 5.92 Å². The molecule has 1 fully saturated rings. The van der Waals surface area contributed by atoms with E-state index in [9.17, 15) is 9.59 Å². The fourth-order valence-corrected chi connectivity index (χ4v) is 2.66. The molecule has 5 heteroatoms. The van der Waals surface area contributed by atoms with Crippen LogP contribution in [0.3, 0.4) is 0 Å². The van der Waals surface area contributed by atoms with Crippen molar-refractivity contribution in [1.29, 1.82) is 0 Å². The Kier molecular flexibility index (Phi) is 5.20. The number of amides is 1. The largest absolute Gasteiger partial charge is 0.481 e. The first-order valence-corrected chi connectivity index (χ1v) is 7.42. The van der Waals surface area contributed by atoms with Gasteiger partial charge in [0, 0.05) is 25.3 Å². The second-order valence-electron chi connectivity index (χ2n) is 5.34. The van der Waals surface area contributed by atoms with Gasteiger partial charge < -0.3 is 14.9 Å². The zero-order chi connectivity index (χ0) is 15.2. The van der Waals surface area contributed by atoms with Gasteiger partial charge in [0.25, 0.3) is 0 Å². The van der Waals surface area contributed by atoms with Gasteiger partial charge in [-0.3, -0.25) is 9.59 Å². The predicted molar refractivity (Wildman–Crippen MR) is 81.3 cm³/mol. The molecule has 1 amide bonds. The monoisotopic (exact) mass is 290 g/mol. The van der Waals surface area contributed by atoms with Crippen LogP contribution in [-0.2, 0) is 9.59 Å². The molecule has 1 aromatic rings. The Hall–Kier alpha value is -2.04. The quantitative estimate of drug-likeness (QED) is 0.899. The van der Waals surface area contributed by atoms with Crippen LogP contribution in [0.5, 0.6) is 0 Å². The minimum absolute atomic E-state index is 0.0736. The standard InChI is InChI=1S/C16H22N2O3/c1-2-17(14-6-4-3-5-7-14)12-15(19)18-10-8-13(9-11-18)16(20)21/h3-7,13H,2,8-12H2,1H3,(H,20,21). The highest BCUT2D eigenvalue weighted by molar-refractivity contribution is 5.82. The molecular formula is C16H22N2O3. The Bertz CT molecular complexity index is 482. The number of anilines is 1. The van der Waals surface area contributed by atoms with E-state index in [0.717, 1.165) is 12.2 Å². The normalized spacial score (nSPS) is 15.8. The maximum absolute atomic E-state index is 12.4. The number of carbonyl (C=O) groups is 2. The Morgan fingerprint density at radius 3 is 2.38 bits per heavy atom. The number of aliphatic carboxylic acids is 1. The average Bonchev–Trinajstić information content (AvgIpc) is 2.53. The van der Waals surface area contributed by atoms with Crippen LogP contribution in [0, 0.1) is 5.92 Å². The van der Waals surface area contributed by atoms with Crippen molar-refractivity contribution in [1.82, 2.24) is 4.90 Å². The van der Waals surface area contributed by atoms with Crippen LogP contribution >= 0.6 is 0 Å². The van der Waals surface area contributed by atoms with E-state index in [4.69, 9.17) is 5.11 Å². The minimum Gasteiger partial charge on any atom is -0.481 e. The van der Waals surface area contributed by atoms with E-state index in [1.54, 1.807) is 4.90 Å². The van der Waals surface area contributed by atoms with E-state index in [1.165, 1.54) is 0 Å². The highest BCUT2D eigenvalue weighted by atomic mass is 16.4. The van der Waals surface area contributed by atoms with Crippen LogP contribution in [0.1, 0.15) is 19.8 Å². The van der Waals surface area contributed by atoms with Crippen LogP contribution in [-0.4, -0.2) is 48.1 Å². The van der Waals surface area contributed by atoms with Gasteiger partial charge in [-0.05, 0) is 31.9 Å². The molecule has 0 aliphatic carbocycles. The molecular weight excluding hydrogens is 268 g/mol. The molecule has 5 nitrogen and oxygen atoms in total. The van der Waals surface area contributed by atoms with Gasteiger partial charge in [-0.25, -0.2) is 0 Å². The molecule has 1 aliphatic rings. The molecule has 0 aromatic heterocycles. The van der Waals surface area contributed by atoms with Crippen LogP contribution in [0.25, 0.3) is 0 Å². The molecule has 1 saturated heterocycles. The van der Waals surface area contributed by atoms with Crippen LogP contribution in [0.2, 0.25) is 0 Å². The molecule has 21 heavy (non-hydrogen) atoms.